The van der Waals surface area contributed by atoms with E-state index in [1.165, 1.54) is 6.33 Å². The molecule has 0 saturated heterocycles. The fraction of sp³-hybridized carbons (Fsp3) is 0.125. The van der Waals surface area contributed by atoms with Crippen molar-refractivity contribution in [3.63, 3.8) is 0 Å². The van der Waals surface area contributed by atoms with Gasteiger partial charge in [0.25, 0.3) is 5.91 Å². The first-order chi connectivity index (χ1) is 11.2. The minimum Gasteiger partial charge on any atom is -0.497 e. The lowest BCUT2D eigenvalue weighted by Crippen LogP contribution is -2.13. The SMILES string of the molecule is COc1ccc(C(=O)Nc2cc(-n3ccnc3C)ncn2)cc1. The molecule has 2 aromatic heterocycles. The number of nitrogens with one attached hydrogen (secondary N) is 1. The molecule has 0 aliphatic rings. The van der Waals surface area contributed by atoms with Crippen LogP contribution in [-0.2, 0) is 0 Å². The predicted octanol–water partition coefficient (Wildman–Crippen LogP) is 2.23. The molecule has 0 atom stereocenters. The third-order valence-corrected chi connectivity index (χ3v) is 3.32. The fourth-order valence-electron chi connectivity index (χ4n) is 2.10. The van der Waals surface area contributed by atoms with E-state index in [9.17, 15) is 4.79 Å². The van der Waals surface area contributed by atoms with Gasteiger partial charge < -0.3 is 10.1 Å². The lowest BCUT2D eigenvalue weighted by molar-refractivity contribution is 0.102. The van der Waals surface area contributed by atoms with Crippen molar-refractivity contribution in [3.8, 4) is 11.6 Å². The Morgan fingerprint density at radius 3 is 2.61 bits per heavy atom. The van der Waals surface area contributed by atoms with Crippen molar-refractivity contribution >= 4 is 11.7 Å². The minimum absolute atomic E-state index is 0.250. The summed E-state index contributed by atoms with van der Waals surface area (Å²) in [6.07, 6.45) is 4.89. The number of ether oxygens (including phenoxy) is 1. The second kappa shape index (κ2) is 6.27. The zero-order valence-electron chi connectivity index (χ0n) is 12.7. The molecule has 0 radical (unpaired) electrons. The molecule has 1 N–H and O–H groups in total. The molecule has 0 spiro atoms. The number of aryl methyl sites for hydroxylation is 1. The van der Waals surface area contributed by atoms with E-state index in [1.54, 1.807) is 49.8 Å². The van der Waals surface area contributed by atoms with Gasteiger partial charge >= 0.3 is 0 Å². The van der Waals surface area contributed by atoms with Gasteiger partial charge in [-0.3, -0.25) is 9.36 Å². The highest BCUT2D eigenvalue weighted by molar-refractivity contribution is 6.03. The second-order valence-corrected chi connectivity index (χ2v) is 4.79. The standard InChI is InChI=1S/C16H15N5O2/c1-11-17-7-8-21(11)15-9-14(18-10-19-15)20-16(22)12-3-5-13(23-2)6-4-12/h3-10H,1-2H3,(H,18,19,20,22). The molecule has 3 rings (SSSR count). The zero-order chi connectivity index (χ0) is 16.2. The van der Waals surface area contributed by atoms with Crippen molar-refractivity contribution in [2.24, 2.45) is 0 Å². The smallest absolute Gasteiger partial charge is 0.256 e. The lowest BCUT2D eigenvalue weighted by atomic mass is 10.2. The molecule has 23 heavy (non-hydrogen) atoms. The van der Waals surface area contributed by atoms with Crippen molar-refractivity contribution in [3.05, 3.63) is 60.4 Å². The topological polar surface area (TPSA) is 81.9 Å². The molecule has 0 saturated carbocycles. The van der Waals surface area contributed by atoms with Gasteiger partial charge in [-0.2, -0.15) is 0 Å². The Labute approximate surface area is 133 Å². The molecular formula is C16H15N5O2. The number of benzene rings is 1. The first kappa shape index (κ1) is 14.7. The molecule has 0 fully saturated rings. The van der Waals surface area contributed by atoms with Crippen molar-refractivity contribution in [2.75, 3.05) is 12.4 Å². The van der Waals surface area contributed by atoms with Crippen LogP contribution in [0.4, 0.5) is 5.82 Å². The number of amides is 1. The van der Waals surface area contributed by atoms with Gasteiger partial charge in [-0.05, 0) is 31.2 Å². The van der Waals surface area contributed by atoms with Crippen LogP contribution in [0.2, 0.25) is 0 Å². The number of carbonyl (C=O) groups is 1. The summed E-state index contributed by atoms with van der Waals surface area (Å²) in [5.74, 6) is 2.31. The van der Waals surface area contributed by atoms with Crippen molar-refractivity contribution in [2.45, 2.75) is 6.92 Å². The first-order valence-electron chi connectivity index (χ1n) is 6.95. The Balaban J connectivity index is 1.80. The van der Waals surface area contributed by atoms with E-state index in [0.717, 1.165) is 5.82 Å². The van der Waals surface area contributed by atoms with Gasteiger partial charge in [0, 0.05) is 24.0 Å². The number of hydrogen-bond acceptors (Lipinski definition) is 5. The minimum atomic E-state index is -0.250. The maximum absolute atomic E-state index is 12.2. The van der Waals surface area contributed by atoms with Crippen LogP contribution in [0, 0.1) is 6.92 Å². The molecule has 7 nitrogen and oxygen atoms in total. The number of nitrogens with zero attached hydrogens (tertiary/aromatic N) is 4. The third-order valence-electron chi connectivity index (χ3n) is 3.32. The highest BCUT2D eigenvalue weighted by Crippen LogP contribution is 2.14. The molecule has 0 aliphatic heterocycles. The van der Waals surface area contributed by atoms with Crippen LogP contribution in [0.25, 0.3) is 5.82 Å². The van der Waals surface area contributed by atoms with Gasteiger partial charge in [0.2, 0.25) is 0 Å². The van der Waals surface area contributed by atoms with E-state index in [2.05, 4.69) is 20.3 Å². The Morgan fingerprint density at radius 1 is 1.17 bits per heavy atom. The number of hydrogen-bond donors (Lipinski definition) is 1. The number of imidazole rings is 1. The summed E-state index contributed by atoms with van der Waals surface area (Å²) < 4.78 is 6.88. The average molecular weight is 309 g/mol. The monoisotopic (exact) mass is 309 g/mol. The summed E-state index contributed by atoms with van der Waals surface area (Å²) in [5.41, 5.74) is 0.518. The van der Waals surface area contributed by atoms with E-state index in [0.29, 0.717) is 22.9 Å². The summed E-state index contributed by atoms with van der Waals surface area (Å²) in [5, 5.41) is 2.75. The fourth-order valence-corrected chi connectivity index (χ4v) is 2.10. The van der Waals surface area contributed by atoms with Crippen LogP contribution in [-0.4, -0.2) is 32.5 Å². The molecule has 2 heterocycles. The van der Waals surface area contributed by atoms with Crippen LogP contribution in [0.5, 0.6) is 5.75 Å². The zero-order valence-corrected chi connectivity index (χ0v) is 12.7. The van der Waals surface area contributed by atoms with Crippen molar-refractivity contribution < 1.29 is 9.53 Å². The third kappa shape index (κ3) is 3.18. The van der Waals surface area contributed by atoms with Crippen LogP contribution in [0.15, 0.2) is 49.1 Å². The van der Waals surface area contributed by atoms with Gasteiger partial charge in [0.15, 0.2) is 0 Å². The molecule has 0 bridgehead atoms. The maximum atomic E-state index is 12.2. The summed E-state index contributed by atoms with van der Waals surface area (Å²) in [6, 6.07) is 8.53. The summed E-state index contributed by atoms with van der Waals surface area (Å²) in [7, 11) is 1.58. The summed E-state index contributed by atoms with van der Waals surface area (Å²) in [6.45, 7) is 1.87. The number of methoxy groups -OCH3 is 1. The maximum Gasteiger partial charge on any atom is 0.256 e. The Morgan fingerprint density at radius 2 is 1.96 bits per heavy atom. The van der Waals surface area contributed by atoms with Gasteiger partial charge in [0.05, 0.1) is 7.11 Å². The molecule has 1 aromatic carbocycles. The predicted molar refractivity (Wildman–Crippen MR) is 84.8 cm³/mol. The number of anilines is 1. The molecule has 116 valence electrons. The highest BCUT2D eigenvalue weighted by atomic mass is 16.5. The number of aromatic nitrogens is 4. The van der Waals surface area contributed by atoms with Crippen LogP contribution in [0.1, 0.15) is 16.2 Å². The molecule has 0 aliphatic carbocycles. The van der Waals surface area contributed by atoms with Gasteiger partial charge in [-0.25, -0.2) is 15.0 Å². The Hall–Kier alpha value is -3.22. The quantitative estimate of drug-likeness (QED) is 0.799. The Bertz CT molecular complexity index is 826. The van der Waals surface area contributed by atoms with Crippen LogP contribution in [0.3, 0.4) is 0 Å². The molecular weight excluding hydrogens is 294 g/mol. The Kier molecular flexibility index (Phi) is 4.01. The van der Waals surface area contributed by atoms with E-state index in [-0.39, 0.29) is 5.91 Å². The van der Waals surface area contributed by atoms with E-state index >= 15 is 0 Å². The van der Waals surface area contributed by atoms with E-state index in [1.807, 2.05) is 11.5 Å². The van der Waals surface area contributed by atoms with Gasteiger partial charge in [-0.1, -0.05) is 0 Å². The summed E-state index contributed by atoms with van der Waals surface area (Å²) in [4.78, 5) is 24.7. The van der Waals surface area contributed by atoms with Crippen molar-refractivity contribution in [1.29, 1.82) is 0 Å². The molecule has 3 aromatic rings. The van der Waals surface area contributed by atoms with E-state index < -0.39 is 0 Å². The van der Waals surface area contributed by atoms with Gasteiger partial charge in [-0.15, -0.1) is 0 Å². The molecule has 1 amide bonds. The number of carbonyl (C=O) groups excluding carboxylic acids is 1. The van der Waals surface area contributed by atoms with Crippen LogP contribution >= 0.6 is 0 Å². The van der Waals surface area contributed by atoms with Gasteiger partial charge in [0.1, 0.15) is 29.5 Å². The highest BCUT2D eigenvalue weighted by Gasteiger charge is 2.09. The molecule has 0 unspecified atom stereocenters. The van der Waals surface area contributed by atoms with E-state index in [4.69, 9.17) is 4.74 Å². The normalized spacial score (nSPS) is 10.3. The average Bonchev–Trinajstić information content (AvgIpc) is 3.01. The molecule has 7 heteroatoms. The number of rotatable bonds is 4. The largest absolute Gasteiger partial charge is 0.497 e. The summed E-state index contributed by atoms with van der Waals surface area (Å²) >= 11 is 0. The van der Waals surface area contributed by atoms with Crippen LogP contribution < -0.4 is 10.1 Å². The second-order valence-electron chi connectivity index (χ2n) is 4.79. The first-order valence-corrected chi connectivity index (χ1v) is 6.95. The lowest BCUT2D eigenvalue weighted by Gasteiger charge is -2.08. The van der Waals surface area contributed by atoms with Crippen molar-refractivity contribution in [1.82, 2.24) is 19.5 Å².